The standard InChI is InChI=1S/C20H20ClN3O3/c1-3-17(26-16-9-5-8-15(21)11-16)20(25)22-12-18-23-19(24-27-18)14-7-4-6-13(2)10-14/h4-11,17H,3,12H2,1-2H3,(H,22,25)/t17-/m1/s1. The van der Waals surface area contributed by atoms with Gasteiger partial charge in [0.1, 0.15) is 5.75 Å². The van der Waals surface area contributed by atoms with Gasteiger partial charge >= 0.3 is 0 Å². The molecule has 0 aliphatic heterocycles. The first-order valence-electron chi connectivity index (χ1n) is 8.64. The van der Waals surface area contributed by atoms with Crippen molar-refractivity contribution >= 4 is 17.5 Å². The Morgan fingerprint density at radius 1 is 1.26 bits per heavy atom. The van der Waals surface area contributed by atoms with Gasteiger partial charge in [0, 0.05) is 10.6 Å². The summed E-state index contributed by atoms with van der Waals surface area (Å²) in [4.78, 5) is 16.7. The van der Waals surface area contributed by atoms with E-state index in [4.69, 9.17) is 20.9 Å². The number of carbonyl (C=O) groups excluding carboxylic acids is 1. The summed E-state index contributed by atoms with van der Waals surface area (Å²) in [5.41, 5.74) is 1.98. The molecule has 1 heterocycles. The number of nitrogens with one attached hydrogen (secondary N) is 1. The summed E-state index contributed by atoms with van der Waals surface area (Å²) in [5, 5.41) is 7.29. The molecule has 6 nitrogen and oxygen atoms in total. The maximum Gasteiger partial charge on any atom is 0.261 e. The normalized spacial score (nSPS) is 11.8. The van der Waals surface area contributed by atoms with Crippen LogP contribution in [0.5, 0.6) is 5.75 Å². The molecule has 0 saturated heterocycles. The zero-order valence-corrected chi connectivity index (χ0v) is 15.9. The van der Waals surface area contributed by atoms with Crippen molar-refractivity contribution < 1.29 is 14.1 Å². The van der Waals surface area contributed by atoms with Crippen molar-refractivity contribution in [1.82, 2.24) is 15.5 Å². The van der Waals surface area contributed by atoms with E-state index in [1.54, 1.807) is 24.3 Å². The number of carbonyl (C=O) groups is 1. The molecule has 0 spiro atoms. The van der Waals surface area contributed by atoms with Crippen LogP contribution in [-0.4, -0.2) is 22.2 Å². The summed E-state index contributed by atoms with van der Waals surface area (Å²) in [6.45, 7) is 4.00. The molecule has 1 N–H and O–H groups in total. The van der Waals surface area contributed by atoms with Crippen LogP contribution in [0.25, 0.3) is 11.4 Å². The SMILES string of the molecule is CC[C@@H](Oc1cccc(Cl)c1)C(=O)NCc1nc(-c2cccc(C)c2)no1. The molecule has 1 atom stereocenters. The number of rotatable bonds is 7. The Bertz CT molecular complexity index is 926. The smallest absolute Gasteiger partial charge is 0.261 e. The second kappa shape index (κ2) is 8.68. The van der Waals surface area contributed by atoms with E-state index in [0.717, 1.165) is 11.1 Å². The van der Waals surface area contributed by atoms with Gasteiger partial charge in [-0.1, -0.05) is 53.5 Å². The number of aryl methyl sites for hydroxylation is 1. The van der Waals surface area contributed by atoms with Crippen molar-refractivity contribution in [3.8, 4) is 17.1 Å². The summed E-state index contributed by atoms with van der Waals surface area (Å²) >= 11 is 5.95. The van der Waals surface area contributed by atoms with E-state index in [-0.39, 0.29) is 12.5 Å². The van der Waals surface area contributed by atoms with Crippen LogP contribution in [0, 0.1) is 6.92 Å². The van der Waals surface area contributed by atoms with Gasteiger partial charge in [-0.2, -0.15) is 4.98 Å². The summed E-state index contributed by atoms with van der Waals surface area (Å²) in [6.07, 6.45) is -0.126. The first-order chi connectivity index (χ1) is 13.0. The van der Waals surface area contributed by atoms with Gasteiger partial charge in [-0.15, -0.1) is 0 Å². The molecule has 27 heavy (non-hydrogen) atoms. The molecule has 1 aromatic heterocycles. The number of benzene rings is 2. The largest absolute Gasteiger partial charge is 0.481 e. The van der Waals surface area contributed by atoms with Crippen LogP contribution in [-0.2, 0) is 11.3 Å². The average Bonchev–Trinajstić information content (AvgIpc) is 3.13. The quantitative estimate of drug-likeness (QED) is 0.660. The third-order valence-electron chi connectivity index (χ3n) is 3.90. The van der Waals surface area contributed by atoms with Crippen LogP contribution >= 0.6 is 11.6 Å². The fourth-order valence-electron chi connectivity index (χ4n) is 2.53. The lowest BCUT2D eigenvalue weighted by molar-refractivity contribution is -0.128. The highest BCUT2D eigenvalue weighted by Gasteiger charge is 2.19. The molecule has 1 amide bonds. The Labute approximate surface area is 162 Å². The first-order valence-corrected chi connectivity index (χ1v) is 9.02. The van der Waals surface area contributed by atoms with E-state index in [9.17, 15) is 4.79 Å². The molecule has 0 radical (unpaired) electrons. The molecule has 2 aromatic carbocycles. The molecule has 140 valence electrons. The summed E-state index contributed by atoms with van der Waals surface area (Å²) in [5.74, 6) is 1.11. The second-order valence-corrected chi connectivity index (χ2v) is 6.51. The Morgan fingerprint density at radius 3 is 2.81 bits per heavy atom. The van der Waals surface area contributed by atoms with Crippen LogP contribution < -0.4 is 10.1 Å². The van der Waals surface area contributed by atoms with E-state index >= 15 is 0 Å². The van der Waals surface area contributed by atoms with Gasteiger partial charge in [0.15, 0.2) is 6.10 Å². The highest BCUT2D eigenvalue weighted by atomic mass is 35.5. The van der Waals surface area contributed by atoms with Crippen molar-refractivity contribution in [3.63, 3.8) is 0 Å². The second-order valence-electron chi connectivity index (χ2n) is 6.07. The molecule has 0 saturated carbocycles. The van der Waals surface area contributed by atoms with Gasteiger partial charge in [0.2, 0.25) is 11.7 Å². The summed E-state index contributed by atoms with van der Waals surface area (Å²) in [7, 11) is 0. The fraction of sp³-hybridized carbons (Fsp3) is 0.250. The topological polar surface area (TPSA) is 77.2 Å². The number of halogens is 1. The molecule has 3 rings (SSSR count). The third kappa shape index (κ3) is 5.08. The van der Waals surface area contributed by atoms with E-state index < -0.39 is 6.10 Å². The number of ether oxygens (including phenoxy) is 1. The van der Waals surface area contributed by atoms with Gasteiger partial charge in [0.25, 0.3) is 5.91 Å². The predicted molar refractivity (Wildman–Crippen MR) is 102 cm³/mol. The number of hydrogen-bond donors (Lipinski definition) is 1. The van der Waals surface area contributed by atoms with E-state index in [1.807, 2.05) is 38.1 Å². The van der Waals surface area contributed by atoms with Crippen LogP contribution in [0.1, 0.15) is 24.8 Å². The minimum atomic E-state index is -0.636. The molecule has 3 aromatic rings. The minimum Gasteiger partial charge on any atom is -0.481 e. The summed E-state index contributed by atoms with van der Waals surface area (Å²) in [6, 6.07) is 14.8. The van der Waals surface area contributed by atoms with Gasteiger partial charge in [-0.05, 0) is 37.6 Å². The molecule has 0 aliphatic rings. The number of nitrogens with zero attached hydrogens (tertiary/aromatic N) is 2. The van der Waals surface area contributed by atoms with Crippen molar-refractivity contribution in [3.05, 3.63) is 65.0 Å². The minimum absolute atomic E-state index is 0.132. The molecule has 0 unspecified atom stereocenters. The highest BCUT2D eigenvalue weighted by Crippen LogP contribution is 2.19. The van der Waals surface area contributed by atoms with Crippen LogP contribution in [0.4, 0.5) is 0 Å². The molecular weight excluding hydrogens is 366 g/mol. The monoisotopic (exact) mass is 385 g/mol. The van der Waals surface area contributed by atoms with E-state index in [2.05, 4.69) is 15.5 Å². The molecule has 0 fully saturated rings. The third-order valence-corrected chi connectivity index (χ3v) is 4.13. The van der Waals surface area contributed by atoms with Crippen molar-refractivity contribution in [1.29, 1.82) is 0 Å². The van der Waals surface area contributed by atoms with Crippen LogP contribution in [0.3, 0.4) is 0 Å². The number of hydrogen-bond acceptors (Lipinski definition) is 5. The van der Waals surface area contributed by atoms with Gasteiger partial charge < -0.3 is 14.6 Å². The Morgan fingerprint density at radius 2 is 2.07 bits per heavy atom. The lowest BCUT2D eigenvalue weighted by atomic mass is 10.1. The maximum atomic E-state index is 12.4. The van der Waals surface area contributed by atoms with Crippen LogP contribution in [0.2, 0.25) is 5.02 Å². The molecule has 0 aliphatic carbocycles. The Hall–Kier alpha value is -2.86. The van der Waals surface area contributed by atoms with E-state index in [1.165, 1.54) is 0 Å². The maximum absolute atomic E-state index is 12.4. The lowest BCUT2D eigenvalue weighted by Gasteiger charge is -2.16. The Balaban J connectivity index is 1.59. The number of aromatic nitrogens is 2. The lowest BCUT2D eigenvalue weighted by Crippen LogP contribution is -2.37. The molecular formula is C20H20ClN3O3. The van der Waals surface area contributed by atoms with Gasteiger partial charge in [-0.3, -0.25) is 4.79 Å². The molecule has 7 heteroatoms. The zero-order valence-electron chi connectivity index (χ0n) is 15.1. The first kappa shape index (κ1) is 18.9. The Kier molecular flexibility index (Phi) is 6.08. The number of amides is 1. The fourth-order valence-corrected chi connectivity index (χ4v) is 2.71. The highest BCUT2D eigenvalue weighted by molar-refractivity contribution is 6.30. The van der Waals surface area contributed by atoms with Crippen molar-refractivity contribution in [2.24, 2.45) is 0 Å². The summed E-state index contributed by atoms with van der Waals surface area (Å²) < 4.78 is 10.9. The van der Waals surface area contributed by atoms with Gasteiger partial charge in [0.05, 0.1) is 6.54 Å². The molecule has 0 bridgehead atoms. The van der Waals surface area contributed by atoms with Crippen LogP contribution in [0.15, 0.2) is 53.1 Å². The van der Waals surface area contributed by atoms with E-state index in [0.29, 0.717) is 28.9 Å². The predicted octanol–water partition coefficient (Wildman–Crippen LogP) is 4.17. The zero-order chi connectivity index (χ0) is 19.2. The average molecular weight is 386 g/mol. The van der Waals surface area contributed by atoms with Crippen molar-refractivity contribution in [2.75, 3.05) is 0 Å². The van der Waals surface area contributed by atoms with Crippen molar-refractivity contribution in [2.45, 2.75) is 32.9 Å². The van der Waals surface area contributed by atoms with Gasteiger partial charge in [-0.25, -0.2) is 0 Å².